The largest absolute Gasteiger partial charge is 0.454 e. The van der Waals surface area contributed by atoms with Crippen LogP contribution in [0.4, 0.5) is 0 Å². The highest BCUT2D eigenvalue weighted by molar-refractivity contribution is 5.46. The van der Waals surface area contributed by atoms with Gasteiger partial charge in [-0.25, -0.2) is 0 Å². The Kier molecular flexibility index (Phi) is 2.78. The maximum Gasteiger partial charge on any atom is 0.231 e. The molecule has 0 saturated heterocycles. The van der Waals surface area contributed by atoms with Gasteiger partial charge in [0.25, 0.3) is 0 Å². The number of hydrogen-bond donors (Lipinski definition) is 1. The minimum atomic E-state index is -0.314. The molecule has 1 aromatic rings. The van der Waals surface area contributed by atoms with E-state index in [9.17, 15) is 0 Å². The molecule has 3 heteroatoms. The van der Waals surface area contributed by atoms with E-state index < -0.39 is 0 Å². The average Bonchev–Trinajstić information content (AvgIpc) is 2.87. The molecule has 3 nitrogen and oxygen atoms in total. The third-order valence-corrected chi connectivity index (χ3v) is 4.11. The first-order chi connectivity index (χ1) is 8.68. The fourth-order valence-electron chi connectivity index (χ4n) is 2.81. The van der Waals surface area contributed by atoms with Crippen LogP contribution in [-0.2, 0) is 5.54 Å². The summed E-state index contributed by atoms with van der Waals surface area (Å²) in [5.74, 6) is 2.12. The molecule has 2 aliphatic rings. The molecular weight excluding hydrogens is 226 g/mol. The Balaban J connectivity index is 1.90. The molecular formula is C15H19NO2. The smallest absolute Gasteiger partial charge is 0.231 e. The monoisotopic (exact) mass is 245 g/mol. The predicted molar refractivity (Wildman–Crippen MR) is 70.6 cm³/mol. The van der Waals surface area contributed by atoms with Crippen LogP contribution in [0.5, 0.6) is 11.5 Å². The Morgan fingerprint density at radius 2 is 2.06 bits per heavy atom. The molecule has 0 amide bonds. The van der Waals surface area contributed by atoms with Crippen molar-refractivity contribution < 1.29 is 9.47 Å². The summed E-state index contributed by atoms with van der Waals surface area (Å²) >= 11 is 0. The molecule has 1 aliphatic carbocycles. The Morgan fingerprint density at radius 1 is 1.22 bits per heavy atom. The minimum Gasteiger partial charge on any atom is -0.454 e. The Labute approximate surface area is 108 Å². The van der Waals surface area contributed by atoms with E-state index >= 15 is 0 Å². The van der Waals surface area contributed by atoms with Crippen molar-refractivity contribution >= 4 is 0 Å². The molecule has 18 heavy (non-hydrogen) atoms. The molecule has 0 radical (unpaired) electrons. The van der Waals surface area contributed by atoms with Gasteiger partial charge in [0.05, 0.1) is 0 Å². The third kappa shape index (κ3) is 1.89. The van der Waals surface area contributed by atoms with Crippen molar-refractivity contribution in [2.75, 3.05) is 6.79 Å². The second-order valence-electron chi connectivity index (χ2n) is 5.33. The number of hydrogen-bond acceptors (Lipinski definition) is 3. The van der Waals surface area contributed by atoms with Crippen LogP contribution in [0.1, 0.15) is 31.7 Å². The van der Waals surface area contributed by atoms with Gasteiger partial charge < -0.3 is 15.2 Å². The lowest BCUT2D eigenvalue weighted by molar-refractivity contribution is 0.173. The predicted octanol–water partition coefficient (Wildman–Crippen LogP) is 2.95. The molecule has 96 valence electrons. The van der Waals surface area contributed by atoms with Gasteiger partial charge in [0, 0.05) is 5.54 Å². The molecule has 0 saturated carbocycles. The van der Waals surface area contributed by atoms with Gasteiger partial charge >= 0.3 is 0 Å². The fraction of sp³-hybridized carbons (Fsp3) is 0.467. The van der Waals surface area contributed by atoms with Crippen molar-refractivity contribution in [1.82, 2.24) is 0 Å². The van der Waals surface area contributed by atoms with Gasteiger partial charge in [0.2, 0.25) is 6.79 Å². The first kappa shape index (κ1) is 11.6. The SMILES string of the molecule is CC(N)(c1ccc2c(c1)OCO2)C1CC=CCC1. The van der Waals surface area contributed by atoms with Crippen molar-refractivity contribution in [2.24, 2.45) is 11.7 Å². The number of benzene rings is 1. The van der Waals surface area contributed by atoms with Gasteiger partial charge in [-0.3, -0.25) is 0 Å². The van der Waals surface area contributed by atoms with Crippen LogP contribution in [0, 0.1) is 5.92 Å². The van der Waals surface area contributed by atoms with Crippen molar-refractivity contribution in [3.63, 3.8) is 0 Å². The van der Waals surface area contributed by atoms with Gasteiger partial charge in [0.1, 0.15) is 0 Å². The lowest BCUT2D eigenvalue weighted by atomic mass is 9.74. The zero-order chi connectivity index (χ0) is 12.6. The van der Waals surface area contributed by atoms with Crippen LogP contribution >= 0.6 is 0 Å². The number of nitrogens with two attached hydrogens (primary N) is 1. The van der Waals surface area contributed by atoms with Crippen LogP contribution in [0.15, 0.2) is 30.4 Å². The van der Waals surface area contributed by atoms with E-state index in [4.69, 9.17) is 15.2 Å². The number of ether oxygens (including phenoxy) is 2. The van der Waals surface area contributed by atoms with Crippen LogP contribution in [-0.4, -0.2) is 6.79 Å². The zero-order valence-electron chi connectivity index (χ0n) is 10.7. The van der Waals surface area contributed by atoms with E-state index in [1.165, 1.54) is 0 Å². The molecule has 1 heterocycles. The molecule has 2 N–H and O–H groups in total. The maximum absolute atomic E-state index is 6.58. The topological polar surface area (TPSA) is 44.5 Å². The van der Waals surface area contributed by atoms with Crippen LogP contribution in [0.2, 0.25) is 0 Å². The molecule has 1 aromatic carbocycles. The highest BCUT2D eigenvalue weighted by Gasteiger charge is 2.32. The number of allylic oxidation sites excluding steroid dienone is 2. The van der Waals surface area contributed by atoms with Gasteiger partial charge in [-0.05, 0) is 49.8 Å². The van der Waals surface area contributed by atoms with E-state index in [1.54, 1.807) is 0 Å². The summed E-state index contributed by atoms with van der Waals surface area (Å²) in [6, 6.07) is 6.05. The van der Waals surface area contributed by atoms with Gasteiger partial charge in [-0.2, -0.15) is 0 Å². The lowest BCUT2D eigenvalue weighted by Crippen LogP contribution is -2.41. The zero-order valence-corrected chi connectivity index (χ0v) is 10.7. The summed E-state index contributed by atoms with van der Waals surface area (Å²) in [4.78, 5) is 0. The molecule has 0 aromatic heterocycles. The summed E-state index contributed by atoms with van der Waals surface area (Å²) < 4.78 is 10.8. The molecule has 0 spiro atoms. The molecule has 3 rings (SSSR count). The standard InChI is InChI=1S/C15H19NO2/c1-15(16,11-5-3-2-4-6-11)12-7-8-13-14(9-12)18-10-17-13/h2-3,7-9,11H,4-6,10,16H2,1H3. The first-order valence-electron chi connectivity index (χ1n) is 6.52. The first-order valence-corrected chi connectivity index (χ1v) is 6.52. The van der Waals surface area contributed by atoms with Gasteiger partial charge in [0.15, 0.2) is 11.5 Å². The highest BCUT2D eigenvalue weighted by atomic mass is 16.7. The Hall–Kier alpha value is -1.48. The van der Waals surface area contributed by atoms with E-state index in [0.29, 0.717) is 12.7 Å². The molecule has 2 atom stereocenters. The van der Waals surface area contributed by atoms with Crippen molar-refractivity contribution in [2.45, 2.75) is 31.7 Å². The summed E-state index contributed by atoms with van der Waals surface area (Å²) in [6.07, 6.45) is 7.82. The van der Waals surface area contributed by atoms with Crippen LogP contribution < -0.4 is 15.2 Å². The fourth-order valence-corrected chi connectivity index (χ4v) is 2.81. The molecule has 1 aliphatic heterocycles. The number of rotatable bonds is 2. The molecule has 0 bridgehead atoms. The summed E-state index contributed by atoms with van der Waals surface area (Å²) in [7, 11) is 0. The highest BCUT2D eigenvalue weighted by Crippen LogP contribution is 2.40. The molecule has 2 unspecified atom stereocenters. The van der Waals surface area contributed by atoms with Gasteiger partial charge in [-0.1, -0.05) is 18.2 Å². The van der Waals surface area contributed by atoms with E-state index in [2.05, 4.69) is 25.1 Å². The Morgan fingerprint density at radius 3 is 2.83 bits per heavy atom. The quantitative estimate of drug-likeness (QED) is 0.815. The van der Waals surface area contributed by atoms with Crippen molar-refractivity contribution in [3.8, 4) is 11.5 Å². The van der Waals surface area contributed by atoms with Crippen molar-refractivity contribution in [1.29, 1.82) is 0 Å². The molecule has 0 fully saturated rings. The number of fused-ring (bicyclic) bond motifs is 1. The lowest BCUT2D eigenvalue weighted by Gasteiger charge is -2.35. The maximum atomic E-state index is 6.58. The van der Waals surface area contributed by atoms with Gasteiger partial charge in [-0.15, -0.1) is 0 Å². The minimum absolute atomic E-state index is 0.312. The summed E-state index contributed by atoms with van der Waals surface area (Å²) in [6.45, 7) is 2.43. The second kappa shape index (κ2) is 4.32. The van der Waals surface area contributed by atoms with E-state index in [1.807, 2.05) is 12.1 Å². The average molecular weight is 245 g/mol. The van der Waals surface area contributed by atoms with E-state index in [-0.39, 0.29) is 5.54 Å². The third-order valence-electron chi connectivity index (χ3n) is 4.11. The van der Waals surface area contributed by atoms with Crippen molar-refractivity contribution in [3.05, 3.63) is 35.9 Å². The Bertz CT molecular complexity index is 479. The van der Waals surface area contributed by atoms with Crippen LogP contribution in [0.25, 0.3) is 0 Å². The van der Waals surface area contributed by atoms with Crippen LogP contribution in [0.3, 0.4) is 0 Å². The normalized spacial score (nSPS) is 24.9. The summed E-state index contributed by atoms with van der Waals surface area (Å²) in [5, 5.41) is 0. The second-order valence-corrected chi connectivity index (χ2v) is 5.33. The summed E-state index contributed by atoms with van der Waals surface area (Å²) in [5.41, 5.74) is 7.39. The van der Waals surface area contributed by atoms with E-state index in [0.717, 1.165) is 36.3 Å².